The van der Waals surface area contributed by atoms with Crippen molar-refractivity contribution in [2.75, 3.05) is 19.4 Å². The summed E-state index contributed by atoms with van der Waals surface area (Å²) in [4.78, 5) is 24.2. The van der Waals surface area contributed by atoms with Crippen LogP contribution < -0.4 is 11.1 Å². The lowest BCUT2D eigenvalue weighted by atomic mass is 10.1. The monoisotopic (exact) mass is 364 g/mol. The number of nitrogens with zero attached hydrogens (tertiary/aromatic N) is 1. The minimum Gasteiger partial charge on any atom is -0.372 e. The van der Waals surface area contributed by atoms with E-state index >= 15 is 0 Å². The Balaban J connectivity index is 2.24. The molecule has 7 heteroatoms. The number of nitrogens with one attached hydrogen (secondary N) is 2. The van der Waals surface area contributed by atoms with E-state index in [4.69, 9.17) is 11.1 Å². The smallest absolute Gasteiger partial charge is 0.267 e. The van der Waals surface area contributed by atoms with E-state index < -0.39 is 17.9 Å². The lowest BCUT2D eigenvalue weighted by Crippen LogP contribution is -2.32. The van der Waals surface area contributed by atoms with E-state index in [1.165, 1.54) is 4.90 Å². The van der Waals surface area contributed by atoms with Crippen molar-refractivity contribution in [3.63, 3.8) is 0 Å². The van der Waals surface area contributed by atoms with Crippen LogP contribution in [-0.4, -0.2) is 47.7 Å². The van der Waals surface area contributed by atoms with Gasteiger partial charge in [0.2, 0.25) is 0 Å². The molecule has 2 amide bonds. The number of hydrogen-bond acceptors (Lipinski definition) is 5. The first-order chi connectivity index (χ1) is 12.8. The zero-order chi connectivity index (χ0) is 20.0. The van der Waals surface area contributed by atoms with Gasteiger partial charge < -0.3 is 21.1 Å². The standard InChI is InChI=1S/C20H20N4O3/c1-24(2)20(27)17(25)11-10-13-6-5-7-14(12-13)23-16-9-4-3-8-15(16)18(21)19(22)26/h3-9,12,17,21,23,25H,1-2H3,(H2,22,26). The Labute approximate surface area is 157 Å². The highest BCUT2D eigenvalue weighted by molar-refractivity contribution is 6.44. The number of nitrogens with two attached hydrogens (primary N) is 1. The number of carbonyl (C=O) groups excluding carboxylic acids is 2. The van der Waals surface area contributed by atoms with E-state index in [1.807, 2.05) is 0 Å². The topological polar surface area (TPSA) is 120 Å². The molecule has 0 heterocycles. The molecule has 0 saturated carbocycles. The molecular weight excluding hydrogens is 344 g/mol. The third-order valence-electron chi connectivity index (χ3n) is 3.61. The number of rotatable bonds is 5. The Morgan fingerprint density at radius 2 is 1.89 bits per heavy atom. The molecule has 1 unspecified atom stereocenters. The van der Waals surface area contributed by atoms with Crippen LogP contribution >= 0.6 is 0 Å². The highest BCUT2D eigenvalue weighted by Gasteiger charge is 2.14. The number of aliphatic hydroxyl groups excluding tert-OH is 1. The van der Waals surface area contributed by atoms with Crippen LogP contribution in [0.3, 0.4) is 0 Å². The molecule has 2 aromatic carbocycles. The lowest BCUT2D eigenvalue weighted by molar-refractivity contribution is -0.134. The molecule has 0 fully saturated rings. The highest BCUT2D eigenvalue weighted by atomic mass is 16.3. The molecule has 0 saturated heterocycles. The predicted octanol–water partition coefficient (Wildman–Crippen LogP) is 1.08. The number of anilines is 2. The van der Waals surface area contributed by atoms with Gasteiger partial charge in [-0.1, -0.05) is 36.1 Å². The van der Waals surface area contributed by atoms with Gasteiger partial charge in [-0.3, -0.25) is 15.0 Å². The normalized spacial score (nSPS) is 10.9. The summed E-state index contributed by atoms with van der Waals surface area (Å²) in [6.45, 7) is 0. The van der Waals surface area contributed by atoms with E-state index in [0.29, 0.717) is 22.5 Å². The minimum absolute atomic E-state index is 0.292. The Morgan fingerprint density at radius 3 is 2.56 bits per heavy atom. The Kier molecular flexibility index (Phi) is 6.31. The lowest BCUT2D eigenvalue weighted by Gasteiger charge is -2.12. The molecule has 0 radical (unpaired) electrons. The van der Waals surface area contributed by atoms with Crippen LogP contribution in [0.25, 0.3) is 0 Å². The van der Waals surface area contributed by atoms with Crippen LogP contribution in [-0.2, 0) is 9.59 Å². The van der Waals surface area contributed by atoms with Gasteiger partial charge in [0.05, 0.1) is 0 Å². The minimum atomic E-state index is -1.40. The largest absolute Gasteiger partial charge is 0.372 e. The van der Waals surface area contributed by atoms with Crippen LogP contribution in [0.1, 0.15) is 11.1 Å². The molecule has 0 bridgehead atoms. The Bertz CT molecular complexity index is 941. The van der Waals surface area contributed by atoms with Gasteiger partial charge in [-0.25, -0.2) is 0 Å². The fourth-order valence-corrected chi connectivity index (χ4v) is 2.23. The number of para-hydroxylation sites is 1. The fourth-order valence-electron chi connectivity index (χ4n) is 2.23. The van der Waals surface area contributed by atoms with Crippen LogP contribution in [0.5, 0.6) is 0 Å². The van der Waals surface area contributed by atoms with Crippen molar-refractivity contribution in [1.82, 2.24) is 4.90 Å². The number of aliphatic hydroxyl groups is 1. The number of hydrogen-bond donors (Lipinski definition) is 4. The maximum absolute atomic E-state index is 11.6. The summed E-state index contributed by atoms with van der Waals surface area (Å²) in [5.41, 5.74) is 7.10. The van der Waals surface area contributed by atoms with Gasteiger partial charge in [-0.15, -0.1) is 0 Å². The van der Waals surface area contributed by atoms with Gasteiger partial charge in [-0.05, 0) is 24.3 Å². The average Bonchev–Trinajstić information content (AvgIpc) is 2.65. The van der Waals surface area contributed by atoms with Gasteiger partial charge >= 0.3 is 0 Å². The average molecular weight is 364 g/mol. The molecule has 138 valence electrons. The summed E-state index contributed by atoms with van der Waals surface area (Å²) < 4.78 is 0. The SMILES string of the molecule is CN(C)C(=O)C(O)C#Cc1cccc(Nc2ccccc2C(=N)C(N)=O)c1. The second kappa shape index (κ2) is 8.65. The number of primary amides is 1. The Hall–Kier alpha value is -3.63. The maximum Gasteiger partial charge on any atom is 0.267 e. The third-order valence-corrected chi connectivity index (χ3v) is 3.61. The van der Waals surface area contributed by atoms with Crippen LogP contribution in [0.15, 0.2) is 48.5 Å². The highest BCUT2D eigenvalue weighted by Crippen LogP contribution is 2.22. The summed E-state index contributed by atoms with van der Waals surface area (Å²) in [6.07, 6.45) is -1.40. The number of likely N-dealkylation sites (N-methyl/N-ethyl adjacent to an activating group) is 1. The van der Waals surface area contributed by atoms with Crippen molar-refractivity contribution < 1.29 is 14.7 Å². The van der Waals surface area contributed by atoms with Crippen molar-refractivity contribution in [2.24, 2.45) is 5.73 Å². The molecule has 27 heavy (non-hydrogen) atoms. The fraction of sp³-hybridized carbons (Fsp3) is 0.150. The molecule has 2 aromatic rings. The van der Waals surface area contributed by atoms with Crippen molar-refractivity contribution in [1.29, 1.82) is 5.41 Å². The van der Waals surface area contributed by atoms with Crippen LogP contribution in [0.4, 0.5) is 11.4 Å². The molecule has 0 aliphatic heterocycles. The van der Waals surface area contributed by atoms with Crippen molar-refractivity contribution in [3.8, 4) is 11.8 Å². The Morgan fingerprint density at radius 1 is 1.19 bits per heavy atom. The quantitative estimate of drug-likeness (QED) is 0.469. The second-order valence-corrected chi connectivity index (χ2v) is 5.90. The van der Waals surface area contributed by atoms with Gasteiger partial charge in [0.1, 0.15) is 5.71 Å². The van der Waals surface area contributed by atoms with E-state index in [9.17, 15) is 14.7 Å². The van der Waals surface area contributed by atoms with Crippen molar-refractivity contribution in [3.05, 3.63) is 59.7 Å². The predicted molar refractivity (Wildman–Crippen MR) is 104 cm³/mol. The first-order valence-electron chi connectivity index (χ1n) is 8.05. The van der Waals surface area contributed by atoms with Gasteiger partial charge in [0.25, 0.3) is 11.8 Å². The summed E-state index contributed by atoms with van der Waals surface area (Å²) in [5, 5.41) is 20.7. The van der Waals surface area contributed by atoms with E-state index in [-0.39, 0.29) is 5.71 Å². The zero-order valence-electron chi connectivity index (χ0n) is 15.0. The summed E-state index contributed by atoms with van der Waals surface area (Å²) in [7, 11) is 3.08. The second-order valence-electron chi connectivity index (χ2n) is 5.90. The molecule has 0 aliphatic carbocycles. The number of carbonyl (C=O) groups is 2. The summed E-state index contributed by atoms with van der Waals surface area (Å²) in [5.74, 6) is 3.96. The first kappa shape index (κ1) is 19.7. The third kappa shape index (κ3) is 5.17. The van der Waals surface area contributed by atoms with Crippen LogP contribution in [0.2, 0.25) is 0 Å². The van der Waals surface area contributed by atoms with Gasteiger partial charge in [-0.2, -0.15) is 0 Å². The van der Waals surface area contributed by atoms with Gasteiger partial charge in [0.15, 0.2) is 6.10 Å². The van der Waals surface area contributed by atoms with E-state index in [1.54, 1.807) is 62.6 Å². The molecule has 7 nitrogen and oxygen atoms in total. The summed E-state index contributed by atoms with van der Waals surface area (Å²) in [6, 6.07) is 13.8. The van der Waals surface area contributed by atoms with Crippen LogP contribution in [0, 0.1) is 17.3 Å². The maximum atomic E-state index is 11.6. The first-order valence-corrected chi connectivity index (χ1v) is 8.05. The zero-order valence-corrected chi connectivity index (χ0v) is 15.0. The van der Waals surface area contributed by atoms with E-state index in [0.717, 1.165) is 0 Å². The van der Waals surface area contributed by atoms with Crippen molar-refractivity contribution >= 4 is 28.9 Å². The molecular formula is C20H20N4O3. The molecule has 1 atom stereocenters. The van der Waals surface area contributed by atoms with E-state index in [2.05, 4.69) is 17.2 Å². The summed E-state index contributed by atoms with van der Waals surface area (Å²) >= 11 is 0. The van der Waals surface area contributed by atoms with Gasteiger partial charge in [0, 0.05) is 36.6 Å². The molecule has 5 N–H and O–H groups in total. The number of amides is 2. The molecule has 0 aliphatic rings. The molecule has 0 aromatic heterocycles. The van der Waals surface area contributed by atoms with Crippen molar-refractivity contribution in [2.45, 2.75) is 6.10 Å². The number of benzene rings is 2. The molecule has 2 rings (SSSR count). The molecule has 0 spiro atoms.